The van der Waals surface area contributed by atoms with Gasteiger partial charge in [-0.25, -0.2) is 0 Å². The van der Waals surface area contributed by atoms with Gasteiger partial charge in [-0.2, -0.15) is 0 Å². The normalized spacial score (nSPS) is 27.2. The van der Waals surface area contributed by atoms with Crippen LogP contribution >= 0.6 is 0 Å². The minimum atomic E-state index is -0.0666. The molecule has 19 heavy (non-hydrogen) atoms. The van der Waals surface area contributed by atoms with E-state index in [1.807, 2.05) is 4.57 Å². The maximum Gasteiger partial charge on any atom is 0.232 e. The molecule has 104 valence electrons. The van der Waals surface area contributed by atoms with Crippen molar-refractivity contribution in [1.82, 2.24) is 14.8 Å². The van der Waals surface area contributed by atoms with Crippen molar-refractivity contribution in [2.45, 2.75) is 51.2 Å². The van der Waals surface area contributed by atoms with Crippen molar-refractivity contribution in [1.29, 1.82) is 0 Å². The van der Waals surface area contributed by atoms with Gasteiger partial charge in [0, 0.05) is 12.6 Å². The molecule has 1 aliphatic heterocycles. The highest BCUT2D eigenvalue weighted by Crippen LogP contribution is 2.36. The van der Waals surface area contributed by atoms with E-state index < -0.39 is 0 Å². The molecule has 2 heterocycles. The number of nitrogens with zero attached hydrogens (tertiary/aromatic N) is 3. The molecule has 3 rings (SSSR count). The second kappa shape index (κ2) is 5.28. The van der Waals surface area contributed by atoms with Gasteiger partial charge < -0.3 is 4.74 Å². The van der Waals surface area contributed by atoms with Gasteiger partial charge in [-0.15, -0.1) is 10.2 Å². The summed E-state index contributed by atoms with van der Waals surface area (Å²) >= 11 is 0. The van der Waals surface area contributed by atoms with E-state index in [4.69, 9.17) is 4.74 Å². The average molecular weight is 264 g/mol. The lowest BCUT2D eigenvalue weighted by atomic mass is 9.92. The third-order valence-electron chi connectivity index (χ3n) is 3.93. The Bertz CT molecular complexity index is 455. The molecule has 1 aromatic rings. The molecule has 1 saturated heterocycles. The standard InChI is InChI=1S/C13H20N4O2/c1-2-11-10(4-3-7-19-11)12(18)15-13-16-14-8-17(13)9-5-6-9/h8-11H,2-7H2,1H3,(H,15,16,18). The topological polar surface area (TPSA) is 69.0 Å². The van der Waals surface area contributed by atoms with Crippen LogP contribution in [0.4, 0.5) is 5.95 Å². The number of hydrogen-bond acceptors (Lipinski definition) is 4. The first-order chi connectivity index (χ1) is 9.29. The highest BCUT2D eigenvalue weighted by molar-refractivity contribution is 5.91. The minimum Gasteiger partial charge on any atom is -0.377 e. The van der Waals surface area contributed by atoms with Crippen molar-refractivity contribution >= 4 is 11.9 Å². The molecule has 1 aliphatic carbocycles. The summed E-state index contributed by atoms with van der Waals surface area (Å²) in [5, 5.41) is 10.8. The summed E-state index contributed by atoms with van der Waals surface area (Å²) in [4.78, 5) is 12.4. The van der Waals surface area contributed by atoms with Crippen LogP contribution in [0.1, 0.15) is 45.1 Å². The Balaban J connectivity index is 1.67. The van der Waals surface area contributed by atoms with Gasteiger partial charge in [0.2, 0.25) is 11.9 Å². The van der Waals surface area contributed by atoms with Crippen LogP contribution < -0.4 is 5.32 Å². The second-order valence-corrected chi connectivity index (χ2v) is 5.35. The Morgan fingerprint density at radius 1 is 1.53 bits per heavy atom. The van der Waals surface area contributed by atoms with Crippen LogP contribution in [0.2, 0.25) is 0 Å². The number of hydrogen-bond donors (Lipinski definition) is 1. The molecular weight excluding hydrogens is 244 g/mol. The zero-order valence-electron chi connectivity index (χ0n) is 11.2. The molecule has 0 radical (unpaired) electrons. The summed E-state index contributed by atoms with van der Waals surface area (Å²) in [6.07, 6.45) is 6.73. The summed E-state index contributed by atoms with van der Waals surface area (Å²) in [5.41, 5.74) is 0. The van der Waals surface area contributed by atoms with Crippen LogP contribution in [-0.2, 0) is 9.53 Å². The summed E-state index contributed by atoms with van der Waals surface area (Å²) in [7, 11) is 0. The Labute approximate surface area is 112 Å². The van der Waals surface area contributed by atoms with Crippen molar-refractivity contribution in [3.05, 3.63) is 6.33 Å². The van der Waals surface area contributed by atoms with E-state index in [-0.39, 0.29) is 17.9 Å². The first-order valence-electron chi connectivity index (χ1n) is 7.11. The number of carbonyl (C=O) groups is 1. The number of ether oxygens (including phenoxy) is 1. The van der Waals surface area contributed by atoms with Crippen LogP contribution in [0.5, 0.6) is 0 Å². The number of amides is 1. The Morgan fingerprint density at radius 2 is 2.37 bits per heavy atom. The minimum absolute atomic E-state index is 0.0152. The van der Waals surface area contributed by atoms with Gasteiger partial charge in [0.15, 0.2) is 0 Å². The molecule has 0 spiro atoms. The van der Waals surface area contributed by atoms with E-state index in [1.165, 1.54) is 0 Å². The van der Waals surface area contributed by atoms with Crippen LogP contribution in [0, 0.1) is 5.92 Å². The Hall–Kier alpha value is -1.43. The molecule has 2 atom stereocenters. The lowest BCUT2D eigenvalue weighted by Gasteiger charge is -2.29. The average Bonchev–Trinajstić information content (AvgIpc) is 3.19. The molecule has 0 aromatic carbocycles. The van der Waals surface area contributed by atoms with E-state index in [2.05, 4.69) is 22.4 Å². The fourth-order valence-corrected chi connectivity index (χ4v) is 2.70. The van der Waals surface area contributed by atoms with Crippen molar-refractivity contribution in [3.63, 3.8) is 0 Å². The number of carbonyl (C=O) groups excluding carboxylic acids is 1. The zero-order valence-corrected chi connectivity index (χ0v) is 11.2. The van der Waals surface area contributed by atoms with Gasteiger partial charge in [-0.05, 0) is 32.1 Å². The van der Waals surface area contributed by atoms with Gasteiger partial charge >= 0.3 is 0 Å². The summed E-state index contributed by atoms with van der Waals surface area (Å²) in [6, 6.07) is 0.467. The number of anilines is 1. The SMILES string of the molecule is CCC1OCCCC1C(=O)Nc1nncn1C1CC1. The fraction of sp³-hybridized carbons (Fsp3) is 0.769. The molecular formula is C13H20N4O2. The van der Waals surface area contributed by atoms with Crippen LogP contribution in [0.15, 0.2) is 6.33 Å². The lowest BCUT2D eigenvalue weighted by Crippen LogP contribution is -2.38. The smallest absolute Gasteiger partial charge is 0.232 e. The van der Waals surface area contributed by atoms with Crippen LogP contribution in [-0.4, -0.2) is 33.4 Å². The van der Waals surface area contributed by atoms with E-state index in [9.17, 15) is 4.79 Å². The number of rotatable bonds is 4. The van der Waals surface area contributed by atoms with Gasteiger partial charge in [-0.1, -0.05) is 6.92 Å². The molecule has 2 fully saturated rings. The maximum atomic E-state index is 12.4. The molecule has 2 unspecified atom stereocenters. The molecule has 1 aromatic heterocycles. The molecule has 0 bridgehead atoms. The van der Waals surface area contributed by atoms with Crippen LogP contribution in [0.25, 0.3) is 0 Å². The van der Waals surface area contributed by atoms with Crippen molar-refractivity contribution < 1.29 is 9.53 Å². The van der Waals surface area contributed by atoms with Gasteiger partial charge in [0.1, 0.15) is 6.33 Å². The second-order valence-electron chi connectivity index (χ2n) is 5.35. The van der Waals surface area contributed by atoms with Gasteiger partial charge in [-0.3, -0.25) is 14.7 Å². The van der Waals surface area contributed by atoms with E-state index in [1.54, 1.807) is 6.33 Å². The zero-order chi connectivity index (χ0) is 13.2. The predicted octanol–water partition coefficient (Wildman–Crippen LogP) is 1.76. The first kappa shape index (κ1) is 12.6. The molecule has 1 saturated carbocycles. The molecule has 6 heteroatoms. The predicted molar refractivity (Wildman–Crippen MR) is 69.7 cm³/mol. The highest BCUT2D eigenvalue weighted by atomic mass is 16.5. The van der Waals surface area contributed by atoms with E-state index in [0.717, 1.165) is 38.7 Å². The number of nitrogens with one attached hydrogen (secondary N) is 1. The molecule has 1 amide bonds. The van der Waals surface area contributed by atoms with E-state index >= 15 is 0 Å². The third kappa shape index (κ3) is 2.63. The Morgan fingerprint density at radius 3 is 3.11 bits per heavy atom. The number of aromatic nitrogens is 3. The quantitative estimate of drug-likeness (QED) is 0.899. The van der Waals surface area contributed by atoms with Crippen molar-refractivity contribution in [3.8, 4) is 0 Å². The molecule has 2 aliphatic rings. The third-order valence-corrected chi connectivity index (χ3v) is 3.93. The summed E-state index contributed by atoms with van der Waals surface area (Å²) < 4.78 is 7.63. The Kier molecular flexibility index (Phi) is 3.50. The molecule has 1 N–H and O–H groups in total. The van der Waals surface area contributed by atoms with E-state index in [0.29, 0.717) is 12.0 Å². The summed E-state index contributed by atoms with van der Waals surface area (Å²) in [6.45, 7) is 2.82. The van der Waals surface area contributed by atoms with Crippen LogP contribution in [0.3, 0.4) is 0 Å². The lowest BCUT2D eigenvalue weighted by molar-refractivity contribution is -0.129. The van der Waals surface area contributed by atoms with Crippen molar-refractivity contribution in [2.24, 2.45) is 5.92 Å². The van der Waals surface area contributed by atoms with Gasteiger partial charge in [0.05, 0.1) is 12.0 Å². The van der Waals surface area contributed by atoms with Gasteiger partial charge in [0.25, 0.3) is 0 Å². The van der Waals surface area contributed by atoms with Crippen molar-refractivity contribution in [2.75, 3.05) is 11.9 Å². The first-order valence-corrected chi connectivity index (χ1v) is 7.11. The maximum absolute atomic E-state index is 12.4. The largest absolute Gasteiger partial charge is 0.377 e. The summed E-state index contributed by atoms with van der Waals surface area (Å²) in [5.74, 6) is 0.525. The molecule has 6 nitrogen and oxygen atoms in total. The fourth-order valence-electron chi connectivity index (χ4n) is 2.70. The monoisotopic (exact) mass is 264 g/mol. The highest BCUT2D eigenvalue weighted by Gasteiger charge is 2.32.